The van der Waals surface area contributed by atoms with Gasteiger partial charge in [0, 0.05) is 23.5 Å². The Morgan fingerprint density at radius 3 is 2.15 bits per heavy atom. The number of rotatable bonds is 9. The summed E-state index contributed by atoms with van der Waals surface area (Å²) in [6.45, 7) is 8.99. The van der Waals surface area contributed by atoms with E-state index in [4.69, 9.17) is 14.7 Å². The number of alkyl carbamates (subject to hydrolysis) is 1. The van der Waals surface area contributed by atoms with Gasteiger partial charge in [0.2, 0.25) is 21.8 Å². The lowest BCUT2D eigenvalue weighted by Gasteiger charge is -2.33. The van der Waals surface area contributed by atoms with Gasteiger partial charge in [0.15, 0.2) is 0 Å². The average molecular weight is 746 g/mol. The summed E-state index contributed by atoms with van der Waals surface area (Å²) in [7, 11) is -3.89. The van der Waals surface area contributed by atoms with Crippen molar-refractivity contribution in [2.45, 2.75) is 119 Å². The normalized spacial score (nSPS) is 27.8. The SMILES string of the molecule is C=C[C@@H]1CC1(NC(=O)[C@@H]1C[C@@H](ON=C2c3ccccc3-c3ccccc32)C2CCCCCC(NC(=O)OC(C)(C)C)C(=O)N21)C(=O)NS(=O)(=O)C1CC1. The lowest BCUT2D eigenvalue weighted by atomic mass is 10.0. The monoisotopic (exact) mass is 745 g/mol. The second kappa shape index (κ2) is 13.9. The molecule has 2 aliphatic heterocycles. The Labute approximate surface area is 310 Å². The van der Waals surface area contributed by atoms with Crippen molar-refractivity contribution in [3.63, 3.8) is 0 Å². The van der Waals surface area contributed by atoms with Gasteiger partial charge in [-0.05, 0) is 64.0 Å². The maximum Gasteiger partial charge on any atom is 0.408 e. The van der Waals surface area contributed by atoms with Crippen LogP contribution in [0.15, 0.2) is 66.3 Å². The number of amides is 4. The largest absolute Gasteiger partial charge is 0.444 e. The number of fused-ring (bicyclic) bond motifs is 4. The standard InChI is InChI=1S/C39H47N5O8S/c1-5-23-22-39(23,36(47)43-53(49,50)24-19-20-24)41-34(45)31-21-32(52-42-33-27-15-11-9-13-25(27)26-14-10-12-16-28(26)33)30-18-8-6-7-17-29(35(46)44(30)31)40-37(48)51-38(2,3)4/h5,9-16,23-24,29-32H,1,6-8,17-22H2,2-4H3,(H,40,48)(H,41,45)(H,43,47)/t23-,29?,30?,31+,32-,39?/m1/s1. The van der Waals surface area contributed by atoms with E-state index in [1.165, 1.54) is 11.0 Å². The predicted molar refractivity (Wildman–Crippen MR) is 197 cm³/mol. The highest BCUT2D eigenvalue weighted by atomic mass is 32.2. The number of oxime groups is 1. The zero-order chi connectivity index (χ0) is 37.7. The zero-order valence-electron chi connectivity index (χ0n) is 30.3. The molecule has 6 atom stereocenters. The fourth-order valence-corrected chi connectivity index (χ4v) is 9.25. The van der Waals surface area contributed by atoms with Crippen molar-refractivity contribution in [1.82, 2.24) is 20.3 Å². The van der Waals surface area contributed by atoms with Crippen molar-refractivity contribution >= 4 is 39.5 Å². The molecule has 0 radical (unpaired) electrons. The highest BCUT2D eigenvalue weighted by Gasteiger charge is 2.62. The molecule has 3 aliphatic carbocycles. The summed E-state index contributed by atoms with van der Waals surface area (Å²) in [6, 6.07) is 13.1. The second-order valence-corrected chi connectivity index (χ2v) is 17.7. The first-order valence-electron chi connectivity index (χ1n) is 18.5. The smallest absolute Gasteiger partial charge is 0.408 e. The minimum absolute atomic E-state index is 0.0539. The van der Waals surface area contributed by atoms with E-state index < -0.39 is 80.4 Å². The molecule has 2 saturated heterocycles. The molecule has 14 heteroatoms. The third-order valence-electron chi connectivity index (χ3n) is 10.8. The van der Waals surface area contributed by atoms with Crippen LogP contribution in [0, 0.1) is 5.92 Å². The van der Waals surface area contributed by atoms with E-state index in [-0.39, 0.29) is 12.8 Å². The van der Waals surface area contributed by atoms with Gasteiger partial charge in [0.25, 0.3) is 5.91 Å². The summed E-state index contributed by atoms with van der Waals surface area (Å²) in [6.07, 6.45) is 4.22. The van der Waals surface area contributed by atoms with Crippen LogP contribution in [0.1, 0.15) is 89.7 Å². The molecule has 53 heavy (non-hydrogen) atoms. The zero-order valence-corrected chi connectivity index (χ0v) is 31.1. The van der Waals surface area contributed by atoms with E-state index in [1.54, 1.807) is 20.8 Å². The van der Waals surface area contributed by atoms with Crippen LogP contribution in [0.3, 0.4) is 0 Å². The summed E-state index contributed by atoms with van der Waals surface area (Å²) < 4.78 is 33.2. The number of hydrogen-bond acceptors (Lipinski definition) is 9. The summed E-state index contributed by atoms with van der Waals surface area (Å²) in [5.41, 5.74) is 2.17. The molecular formula is C39H47N5O8S. The molecule has 4 fully saturated rings. The van der Waals surface area contributed by atoms with Crippen molar-refractivity contribution < 1.29 is 37.2 Å². The first-order chi connectivity index (χ1) is 25.2. The van der Waals surface area contributed by atoms with Crippen LogP contribution in [-0.2, 0) is 34.0 Å². The van der Waals surface area contributed by atoms with Gasteiger partial charge in [-0.25, -0.2) is 13.2 Å². The molecule has 2 aromatic carbocycles. The van der Waals surface area contributed by atoms with E-state index >= 15 is 0 Å². The molecule has 4 amide bonds. The van der Waals surface area contributed by atoms with Gasteiger partial charge < -0.3 is 25.1 Å². The van der Waals surface area contributed by atoms with E-state index in [2.05, 4.69) is 21.9 Å². The number of carbonyl (C=O) groups is 4. The van der Waals surface area contributed by atoms with Crippen LogP contribution >= 0.6 is 0 Å². The summed E-state index contributed by atoms with van der Waals surface area (Å²) >= 11 is 0. The number of nitrogens with one attached hydrogen (secondary N) is 3. The lowest BCUT2D eigenvalue weighted by Crippen LogP contribution is -2.59. The first-order valence-corrected chi connectivity index (χ1v) is 20.0. The number of benzene rings is 2. The quantitative estimate of drug-likeness (QED) is 0.215. The van der Waals surface area contributed by atoms with Crippen LogP contribution in [0.25, 0.3) is 11.1 Å². The van der Waals surface area contributed by atoms with Crippen LogP contribution in [0.2, 0.25) is 0 Å². The third kappa shape index (κ3) is 7.29. The van der Waals surface area contributed by atoms with Gasteiger partial charge in [0.1, 0.15) is 35.0 Å². The third-order valence-corrected chi connectivity index (χ3v) is 12.6. The van der Waals surface area contributed by atoms with Crippen molar-refractivity contribution in [3.05, 3.63) is 72.3 Å². The summed E-state index contributed by atoms with van der Waals surface area (Å²) in [5.74, 6) is -2.43. The number of ether oxygens (including phenoxy) is 1. The maximum absolute atomic E-state index is 14.6. The second-order valence-electron chi connectivity index (χ2n) is 15.8. The Balaban J connectivity index is 1.20. The van der Waals surface area contributed by atoms with Crippen molar-refractivity contribution in [2.75, 3.05) is 0 Å². The minimum atomic E-state index is -3.89. The van der Waals surface area contributed by atoms with Crippen LogP contribution in [0.5, 0.6) is 0 Å². The van der Waals surface area contributed by atoms with Crippen molar-refractivity contribution in [2.24, 2.45) is 11.1 Å². The van der Waals surface area contributed by atoms with Gasteiger partial charge in [-0.2, -0.15) is 0 Å². The maximum atomic E-state index is 14.6. The average Bonchev–Trinajstić information content (AvgIpc) is 4.02. The van der Waals surface area contributed by atoms with E-state index in [0.29, 0.717) is 37.8 Å². The van der Waals surface area contributed by atoms with Crippen molar-refractivity contribution in [3.8, 4) is 11.1 Å². The molecule has 282 valence electrons. The molecule has 3 N–H and O–H groups in total. The fourth-order valence-electron chi connectivity index (χ4n) is 7.89. The van der Waals surface area contributed by atoms with E-state index in [9.17, 15) is 27.6 Å². The van der Waals surface area contributed by atoms with Crippen LogP contribution < -0.4 is 15.4 Å². The molecule has 2 saturated carbocycles. The Bertz CT molecular complexity index is 1920. The lowest BCUT2D eigenvalue weighted by molar-refractivity contribution is -0.143. The van der Waals surface area contributed by atoms with E-state index in [0.717, 1.165) is 35.1 Å². The van der Waals surface area contributed by atoms with Crippen molar-refractivity contribution in [1.29, 1.82) is 0 Å². The Kier molecular flexibility index (Phi) is 9.62. The molecule has 5 aliphatic rings. The van der Waals surface area contributed by atoms with Gasteiger partial charge in [0.05, 0.1) is 11.3 Å². The highest BCUT2D eigenvalue weighted by Crippen LogP contribution is 2.46. The molecule has 2 heterocycles. The summed E-state index contributed by atoms with van der Waals surface area (Å²) in [4.78, 5) is 63.4. The number of nitrogens with zero attached hydrogens (tertiary/aromatic N) is 2. The molecule has 0 aromatic heterocycles. The molecular weight excluding hydrogens is 699 g/mol. The van der Waals surface area contributed by atoms with Gasteiger partial charge in [-0.1, -0.05) is 79.0 Å². The Morgan fingerprint density at radius 2 is 1.57 bits per heavy atom. The number of sulfonamides is 1. The minimum Gasteiger partial charge on any atom is -0.444 e. The molecule has 0 spiro atoms. The first kappa shape index (κ1) is 36.6. The van der Waals surface area contributed by atoms with Crippen LogP contribution in [0.4, 0.5) is 4.79 Å². The molecule has 13 nitrogen and oxygen atoms in total. The van der Waals surface area contributed by atoms with Gasteiger partial charge in [-0.15, -0.1) is 6.58 Å². The predicted octanol–water partition coefficient (Wildman–Crippen LogP) is 4.30. The molecule has 2 aromatic rings. The van der Waals surface area contributed by atoms with Gasteiger partial charge in [-0.3, -0.25) is 19.1 Å². The highest BCUT2D eigenvalue weighted by molar-refractivity contribution is 7.91. The topological polar surface area (TPSA) is 173 Å². The number of hydrogen-bond donors (Lipinski definition) is 3. The molecule has 7 rings (SSSR count). The Hall–Kier alpha value is -4.72. The van der Waals surface area contributed by atoms with E-state index in [1.807, 2.05) is 48.5 Å². The van der Waals surface area contributed by atoms with Gasteiger partial charge >= 0.3 is 6.09 Å². The Morgan fingerprint density at radius 1 is 0.943 bits per heavy atom. The molecule has 0 bridgehead atoms. The number of carbonyl (C=O) groups excluding carboxylic acids is 4. The fraction of sp³-hybridized carbons (Fsp3) is 0.513. The van der Waals surface area contributed by atoms with Crippen LogP contribution in [-0.4, -0.2) is 83.5 Å². The molecule has 3 unspecified atom stereocenters. The summed E-state index contributed by atoms with van der Waals surface area (Å²) in [5, 5.41) is 9.66.